The summed E-state index contributed by atoms with van der Waals surface area (Å²) in [5, 5.41) is 7.64. The summed E-state index contributed by atoms with van der Waals surface area (Å²) < 4.78 is 0. The summed E-state index contributed by atoms with van der Waals surface area (Å²) in [5.41, 5.74) is 6.36. The van der Waals surface area contributed by atoms with Crippen molar-refractivity contribution in [3.63, 3.8) is 0 Å². The van der Waals surface area contributed by atoms with E-state index < -0.39 is 0 Å². The topological polar surface area (TPSA) is 72.5 Å². The third-order valence-corrected chi connectivity index (χ3v) is 3.61. The van der Waals surface area contributed by atoms with Crippen LogP contribution in [0.15, 0.2) is 18.3 Å². The fourth-order valence-electron chi connectivity index (χ4n) is 2.38. The molecule has 110 valence electrons. The Bertz CT molecular complexity index is 451. The zero-order valence-electron chi connectivity index (χ0n) is 12.3. The van der Waals surface area contributed by atoms with Crippen LogP contribution >= 0.6 is 0 Å². The van der Waals surface area contributed by atoms with Crippen molar-refractivity contribution in [2.45, 2.75) is 0 Å². The van der Waals surface area contributed by atoms with E-state index in [1.807, 2.05) is 12.1 Å². The summed E-state index contributed by atoms with van der Waals surface area (Å²) in [7, 11) is 4.20. The van der Waals surface area contributed by atoms with Crippen molar-refractivity contribution in [2.24, 2.45) is 5.73 Å². The number of nitrogen functional groups attached to an aromatic ring is 1. The van der Waals surface area contributed by atoms with Gasteiger partial charge in [-0.25, -0.2) is 4.98 Å². The predicted octanol–water partition coefficient (Wildman–Crippen LogP) is 0.0493. The van der Waals surface area contributed by atoms with Gasteiger partial charge in [-0.1, -0.05) is 0 Å². The van der Waals surface area contributed by atoms with Crippen LogP contribution in [0.2, 0.25) is 0 Å². The molecule has 1 aromatic rings. The SMILES string of the molecule is CN(C)CCN1CCN(c2ncccc2C(=N)N)CC1. The van der Waals surface area contributed by atoms with Crippen LogP contribution in [0, 0.1) is 5.41 Å². The molecular formula is C14H24N6. The van der Waals surface area contributed by atoms with Gasteiger partial charge in [-0.15, -0.1) is 0 Å². The van der Waals surface area contributed by atoms with Crippen molar-refractivity contribution >= 4 is 11.7 Å². The number of hydrogen-bond donors (Lipinski definition) is 2. The first-order valence-corrected chi connectivity index (χ1v) is 6.99. The highest BCUT2D eigenvalue weighted by atomic mass is 15.3. The molecule has 0 aromatic carbocycles. The standard InChI is InChI=1S/C14H24N6/c1-18(2)6-7-19-8-10-20(11-9-19)14-12(13(15)16)4-3-5-17-14/h3-5H,6-11H2,1-2H3,(H3,15,16). The number of nitrogens with zero attached hydrogens (tertiary/aromatic N) is 4. The van der Waals surface area contributed by atoms with Crippen molar-refractivity contribution in [2.75, 3.05) is 58.3 Å². The van der Waals surface area contributed by atoms with Crippen LogP contribution in [0.3, 0.4) is 0 Å². The molecule has 0 amide bonds. The van der Waals surface area contributed by atoms with Crippen molar-refractivity contribution in [3.8, 4) is 0 Å². The van der Waals surface area contributed by atoms with E-state index in [1.54, 1.807) is 6.20 Å². The number of aromatic nitrogens is 1. The maximum absolute atomic E-state index is 7.64. The molecule has 1 saturated heterocycles. The van der Waals surface area contributed by atoms with Gasteiger partial charge in [0.25, 0.3) is 0 Å². The molecule has 0 unspecified atom stereocenters. The minimum absolute atomic E-state index is 0.0862. The van der Waals surface area contributed by atoms with Crippen LogP contribution < -0.4 is 10.6 Å². The van der Waals surface area contributed by atoms with Crippen LogP contribution in [0.5, 0.6) is 0 Å². The van der Waals surface area contributed by atoms with Crippen LogP contribution in [0.1, 0.15) is 5.56 Å². The van der Waals surface area contributed by atoms with Gasteiger partial charge in [0.2, 0.25) is 0 Å². The number of nitrogens with one attached hydrogen (secondary N) is 1. The molecule has 2 heterocycles. The second-order valence-corrected chi connectivity index (χ2v) is 5.42. The second-order valence-electron chi connectivity index (χ2n) is 5.42. The molecule has 0 saturated carbocycles. The van der Waals surface area contributed by atoms with Gasteiger partial charge in [-0.05, 0) is 26.2 Å². The fourth-order valence-corrected chi connectivity index (χ4v) is 2.38. The summed E-state index contributed by atoms with van der Waals surface area (Å²) in [5.74, 6) is 0.926. The average molecular weight is 276 g/mol. The van der Waals surface area contributed by atoms with E-state index >= 15 is 0 Å². The number of amidine groups is 1. The van der Waals surface area contributed by atoms with Crippen LogP contribution in [-0.2, 0) is 0 Å². The molecule has 6 nitrogen and oxygen atoms in total. The average Bonchev–Trinajstić information content (AvgIpc) is 2.45. The lowest BCUT2D eigenvalue weighted by Crippen LogP contribution is -2.48. The number of hydrogen-bond acceptors (Lipinski definition) is 5. The van der Waals surface area contributed by atoms with Gasteiger partial charge in [0.05, 0.1) is 5.56 Å². The molecule has 3 N–H and O–H groups in total. The Morgan fingerprint density at radius 2 is 2.05 bits per heavy atom. The Balaban J connectivity index is 1.95. The van der Waals surface area contributed by atoms with Gasteiger partial charge in [-0.3, -0.25) is 10.3 Å². The lowest BCUT2D eigenvalue weighted by molar-refractivity contribution is 0.229. The van der Waals surface area contributed by atoms with Crippen LogP contribution in [0.25, 0.3) is 0 Å². The number of piperazine rings is 1. The first kappa shape index (κ1) is 14.7. The first-order valence-electron chi connectivity index (χ1n) is 6.99. The minimum Gasteiger partial charge on any atom is -0.384 e. The summed E-state index contributed by atoms with van der Waals surface area (Å²) in [6, 6.07) is 3.69. The van der Waals surface area contributed by atoms with E-state index in [0.717, 1.165) is 50.6 Å². The minimum atomic E-state index is 0.0862. The quantitative estimate of drug-likeness (QED) is 0.587. The molecule has 2 rings (SSSR count). The molecule has 0 radical (unpaired) electrons. The smallest absolute Gasteiger partial charge is 0.139 e. The highest BCUT2D eigenvalue weighted by Gasteiger charge is 2.20. The van der Waals surface area contributed by atoms with Gasteiger partial charge in [0.1, 0.15) is 11.7 Å². The molecule has 0 bridgehead atoms. The maximum Gasteiger partial charge on any atom is 0.139 e. The Kier molecular flexibility index (Phi) is 4.92. The van der Waals surface area contributed by atoms with E-state index in [-0.39, 0.29) is 5.84 Å². The number of nitrogens with two attached hydrogens (primary N) is 1. The number of anilines is 1. The molecule has 6 heteroatoms. The van der Waals surface area contributed by atoms with Crippen molar-refractivity contribution in [1.29, 1.82) is 5.41 Å². The molecule has 1 aromatic heterocycles. The van der Waals surface area contributed by atoms with E-state index in [1.165, 1.54) is 0 Å². The Hall–Kier alpha value is -1.66. The molecule has 20 heavy (non-hydrogen) atoms. The summed E-state index contributed by atoms with van der Waals surface area (Å²) in [4.78, 5) is 11.3. The Labute approximate surface area is 120 Å². The molecule has 0 spiro atoms. The fraction of sp³-hybridized carbons (Fsp3) is 0.571. The Morgan fingerprint density at radius 3 is 2.65 bits per heavy atom. The van der Waals surface area contributed by atoms with E-state index in [4.69, 9.17) is 11.1 Å². The largest absolute Gasteiger partial charge is 0.384 e. The number of likely N-dealkylation sites (N-methyl/N-ethyl adjacent to an activating group) is 1. The first-order chi connectivity index (χ1) is 9.58. The Morgan fingerprint density at radius 1 is 1.35 bits per heavy atom. The van der Waals surface area contributed by atoms with Crippen LogP contribution in [-0.4, -0.2) is 74.0 Å². The lowest BCUT2D eigenvalue weighted by Gasteiger charge is -2.36. The summed E-state index contributed by atoms with van der Waals surface area (Å²) in [6.07, 6.45) is 1.76. The van der Waals surface area contributed by atoms with Gasteiger partial charge in [0.15, 0.2) is 0 Å². The van der Waals surface area contributed by atoms with E-state index in [0.29, 0.717) is 0 Å². The third-order valence-electron chi connectivity index (χ3n) is 3.61. The second kappa shape index (κ2) is 6.67. The van der Waals surface area contributed by atoms with E-state index in [2.05, 4.69) is 33.8 Å². The molecule has 1 aliphatic heterocycles. The predicted molar refractivity (Wildman–Crippen MR) is 82.5 cm³/mol. The molecule has 1 aliphatic rings. The lowest BCUT2D eigenvalue weighted by atomic mass is 10.2. The highest BCUT2D eigenvalue weighted by molar-refractivity contribution is 5.99. The van der Waals surface area contributed by atoms with Crippen molar-refractivity contribution < 1.29 is 0 Å². The number of rotatable bonds is 5. The number of pyridine rings is 1. The zero-order valence-corrected chi connectivity index (χ0v) is 12.3. The molecule has 0 atom stereocenters. The van der Waals surface area contributed by atoms with E-state index in [9.17, 15) is 0 Å². The molecular weight excluding hydrogens is 252 g/mol. The zero-order chi connectivity index (χ0) is 14.5. The van der Waals surface area contributed by atoms with Gasteiger partial charge in [0, 0.05) is 45.5 Å². The monoisotopic (exact) mass is 276 g/mol. The van der Waals surface area contributed by atoms with Crippen molar-refractivity contribution in [1.82, 2.24) is 14.8 Å². The van der Waals surface area contributed by atoms with Gasteiger partial charge in [-0.2, -0.15) is 0 Å². The van der Waals surface area contributed by atoms with Crippen molar-refractivity contribution in [3.05, 3.63) is 23.9 Å². The summed E-state index contributed by atoms with van der Waals surface area (Å²) >= 11 is 0. The molecule has 0 aliphatic carbocycles. The van der Waals surface area contributed by atoms with Crippen LogP contribution in [0.4, 0.5) is 5.82 Å². The highest BCUT2D eigenvalue weighted by Crippen LogP contribution is 2.18. The van der Waals surface area contributed by atoms with Gasteiger partial charge >= 0.3 is 0 Å². The van der Waals surface area contributed by atoms with Gasteiger partial charge < -0.3 is 15.5 Å². The summed E-state index contributed by atoms with van der Waals surface area (Å²) in [6.45, 7) is 6.11. The maximum atomic E-state index is 7.64. The normalized spacial score (nSPS) is 16.6. The molecule has 1 fully saturated rings. The third kappa shape index (κ3) is 3.68.